The Bertz CT molecular complexity index is 322. The molecule has 0 bridgehead atoms. The Morgan fingerprint density at radius 2 is 2.41 bits per heavy atom. The van der Waals surface area contributed by atoms with Crippen molar-refractivity contribution in [3.8, 4) is 0 Å². The molecule has 0 aliphatic carbocycles. The van der Waals surface area contributed by atoms with Crippen LogP contribution in [-0.4, -0.2) is 30.3 Å². The first-order chi connectivity index (χ1) is 8.33. The van der Waals surface area contributed by atoms with Crippen molar-refractivity contribution in [2.45, 2.75) is 44.8 Å². The molecular weight excluding hydrogens is 212 g/mol. The minimum atomic E-state index is 0.340. The Hall–Kier alpha value is -0.930. The van der Waals surface area contributed by atoms with Gasteiger partial charge in [-0.3, -0.25) is 4.98 Å². The topological polar surface area (TPSA) is 34.1 Å². The average molecular weight is 234 g/mol. The molecule has 3 nitrogen and oxygen atoms in total. The van der Waals surface area contributed by atoms with E-state index in [0.29, 0.717) is 18.1 Å². The second kappa shape index (κ2) is 6.12. The van der Waals surface area contributed by atoms with Gasteiger partial charge in [0.1, 0.15) is 0 Å². The smallest absolute Gasteiger partial charge is 0.0735 e. The first-order valence-corrected chi connectivity index (χ1v) is 6.59. The lowest BCUT2D eigenvalue weighted by Crippen LogP contribution is -2.43. The number of rotatable bonds is 5. The second-order valence-corrected chi connectivity index (χ2v) is 4.68. The summed E-state index contributed by atoms with van der Waals surface area (Å²) in [7, 11) is 0. The molecule has 0 spiro atoms. The highest BCUT2D eigenvalue weighted by molar-refractivity contribution is 5.12. The SMILES string of the molecule is CCNC(C1CCCO1)C(C)c1ccccn1. The van der Waals surface area contributed by atoms with E-state index >= 15 is 0 Å². The zero-order valence-electron chi connectivity index (χ0n) is 10.7. The van der Waals surface area contributed by atoms with Crippen molar-refractivity contribution < 1.29 is 4.74 Å². The fraction of sp³-hybridized carbons (Fsp3) is 0.643. The van der Waals surface area contributed by atoms with Crippen molar-refractivity contribution in [1.82, 2.24) is 10.3 Å². The van der Waals surface area contributed by atoms with Crippen LogP contribution in [0.2, 0.25) is 0 Å². The van der Waals surface area contributed by atoms with Crippen LogP contribution in [0.4, 0.5) is 0 Å². The first kappa shape index (κ1) is 12.5. The Kier molecular flexibility index (Phi) is 4.51. The third kappa shape index (κ3) is 3.05. The van der Waals surface area contributed by atoms with Crippen molar-refractivity contribution >= 4 is 0 Å². The zero-order chi connectivity index (χ0) is 12.1. The van der Waals surface area contributed by atoms with Crippen LogP contribution in [0.25, 0.3) is 0 Å². The van der Waals surface area contributed by atoms with Crippen molar-refractivity contribution in [3.05, 3.63) is 30.1 Å². The highest BCUT2D eigenvalue weighted by Crippen LogP contribution is 2.26. The molecule has 3 atom stereocenters. The van der Waals surface area contributed by atoms with Gasteiger partial charge in [-0.1, -0.05) is 19.9 Å². The van der Waals surface area contributed by atoms with Crippen LogP contribution in [-0.2, 0) is 4.74 Å². The maximum atomic E-state index is 5.82. The third-order valence-electron chi connectivity index (χ3n) is 3.50. The van der Waals surface area contributed by atoms with Gasteiger partial charge in [0.2, 0.25) is 0 Å². The Labute approximate surface area is 104 Å². The number of nitrogens with zero attached hydrogens (tertiary/aromatic N) is 1. The number of hydrogen-bond donors (Lipinski definition) is 1. The van der Waals surface area contributed by atoms with Gasteiger partial charge in [0, 0.05) is 30.5 Å². The molecule has 17 heavy (non-hydrogen) atoms. The molecule has 3 unspecified atom stereocenters. The van der Waals surface area contributed by atoms with E-state index in [0.717, 1.165) is 25.3 Å². The molecule has 2 heterocycles. The van der Waals surface area contributed by atoms with Gasteiger partial charge >= 0.3 is 0 Å². The Balaban J connectivity index is 2.09. The number of aromatic nitrogens is 1. The van der Waals surface area contributed by atoms with Crippen LogP contribution < -0.4 is 5.32 Å². The molecule has 1 aromatic heterocycles. The summed E-state index contributed by atoms with van der Waals surface area (Å²) in [4.78, 5) is 4.46. The van der Waals surface area contributed by atoms with Crippen LogP contribution in [0.5, 0.6) is 0 Å². The lowest BCUT2D eigenvalue weighted by molar-refractivity contribution is 0.0712. The third-order valence-corrected chi connectivity index (χ3v) is 3.50. The average Bonchev–Trinajstić information content (AvgIpc) is 2.90. The van der Waals surface area contributed by atoms with Crippen molar-refractivity contribution in [2.24, 2.45) is 0 Å². The number of likely N-dealkylation sites (N-methyl/N-ethyl adjacent to an activating group) is 1. The van der Waals surface area contributed by atoms with Gasteiger partial charge in [0.05, 0.1) is 6.10 Å². The first-order valence-electron chi connectivity index (χ1n) is 6.59. The molecular formula is C14H22N2O. The molecule has 1 aromatic rings. The monoisotopic (exact) mass is 234 g/mol. The van der Waals surface area contributed by atoms with Gasteiger partial charge in [-0.15, -0.1) is 0 Å². The normalized spacial score (nSPS) is 23.5. The van der Waals surface area contributed by atoms with Gasteiger partial charge in [-0.2, -0.15) is 0 Å². The molecule has 1 fully saturated rings. The molecule has 1 N–H and O–H groups in total. The van der Waals surface area contributed by atoms with Crippen LogP contribution in [0.15, 0.2) is 24.4 Å². The number of hydrogen-bond acceptors (Lipinski definition) is 3. The summed E-state index contributed by atoms with van der Waals surface area (Å²) < 4.78 is 5.82. The van der Waals surface area contributed by atoms with Gasteiger partial charge in [-0.25, -0.2) is 0 Å². The highest BCUT2D eigenvalue weighted by Gasteiger charge is 2.30. The van der Waals surface area contributed by atoms with Crippen LogP contribution in [0.3, 0.4) is 0 Å². The van der Waals surface area contributed by atoms with Crippen LogP contribution in [0, 0.1) is 0 Å². The standard InChI is InChI=1S/C14H22N2O/c1-3-15-14(13-8-6-10-17-13)11(2)12-7-4-5-9-16-12/h4-5,7,9,11,13-15H,3,6,8,10H2,1-2H3. The van der Waals surface area contributed by atoms with Crippen LogP contribution in [0.1, 0.15) is 38.3 Å². The Morgan fingerprint density at radius 3 is 3.00 bits per heavy atom. The maximum absolute atomic E-state index is 5.82. The van der Waals surface area contributed by atoms with Crippen molar-refractivity contribution in [3.63, 3.8) is 0 Å². The van der Waals surface area contributed by atoms with E-state index < -0.39 is 0 Å². The predicted octanol–water partition coefficient (Wildman–Crippen LogP) is 2.34. The summed E-state index contributed by atoms with van der Waals surface area (Å²) in [5.41, 5.74) is 1.15. The summed E-state index contributed by atoms with van der Waals surface area (Å²) in [5.74, 6) is 0.388. The minimum absolute atomic E-state index is 0.340. The summed E-state index contributed by atoms with van der Waals surface area (Å²) >= 11 is 0. The lowest BCUT2D eigenvalue weighted by atomic mass is 9.91. The Morgan fingerprint density at radius 1 is 1.53 bits per heavy atom. The summed E-state index contributed by atoms with van der Waals surface area (Å²) in [6.07, 6.45) is 4.55. The van der Waals surface area contributed by atoms with Gasteiger partial charge in [-0.05, 0) is 31.5 Å². The quantitative estimate of drug-likeness (QED) is 0.849. The van der Waals surface area contributed by atoms with Gasteiger partial charge in [0.25, 0.3) is 0 Å². The van der Waals surface area contributed by atoms with Crippen molar-refractivity contribution in [2.75, 3.05) is 13.2 Å². The van der Waals surface area contributed by atoms with E-state index in [9.17, 15) is 0 Å². The largest absolute Gasteiger partial charge is 0.377 e. The molecule has 0 amide bonds. The molecule has 0 saturated carbocycles. The van der Waals surface area contributed by atoms with E-state index in [2.05, 4.69) is 36.3 Å². The molecule has 0 aromatic carbocycles. The summed E-state index contributed by atoms with van der Waals surface area (Å²) in [5, 5.41) is 3.56. The molecule has 0 radical (unpaired) electrons. The zero-order valence-corrected chi connectivity index (χ0v) is 10.7. The fourth-order valence-electron chi connectivity index (χ4n) is 2.58. The molecule has 1 aliphatic heterocycles. The van der Waals surface area contributed by atoms with Gasteiger partial charge in [0.15, 0.2) is 0 Å². The number of ether oxygens (including phenoxy) is 1. The maximum Gasteiger partial charge on any atom is 0.0735 e. The molecule has 1 saturated heterocycles. The van der Waals surface area contributed by atoms with E-state index in [-0.39, 0.29) is 0 Å². The minimum Gasteiger partial charge on any atom is -0.377 e. The summed E-state index contributed by atoms with van der Waals surface area (Å²) in [6.45, 7) is 6.26. The molecule has 2 rings (SSSR count). The molecule has 1 aliphatic rings. The second-order valence-electron chi connectivity index (χ2n) is 4.68. The number of pyridine rings is 1. The van der Waals surface area contributed by atoms with E-state index in [1.165, 1.54) is 6.42 Å². The highest BCUT2D eigenvalue weighted by atomic mass is 16.5. The van der Waals surface area contributed by atoms with E-state index in [1.807, 2.05) is 12.3 Å². The molecule has 3 heteroatoms. The predicted molar refractivity (Wildman–Crippen MR) is 69.1 cm³/mol. The van der Waals surface area contributed by atoms with E-state index in [4.69, 9.17) is 4.74 Å². The summed E-state index contributed by atoms with van der Waals surface area (Å²) in [6, 6.07) is 6.49. The van der Waals surface area contributed by atoms with Gasteiger partial charge < -0.3 is 10.1 Å². The fourth-order valence-corrected chi connectivity index (χ4v) is 2.58. The lowest BCUT2D eigenvalue weighted by Gasteiger charge is -2.29. The molecule has 94 valence electrons. The van der Waals surface area contributed by atoms with E-state index in [1.54, 1.807) is 0 Å². The van der Waals surface area contributed by atoms with Crippen LogP contribution >= 0.6 is 0 Å². The van der Waals surface area contributed by atoms with Crippen molar-refractivity contribution in [1.29, 1.82) is 0 Å². The number of nitrogens with one attached hydrogen (secondary N) is 1.